The van der Waals surface area contributed by atoms with Crippen LogP contribution in [0.2, 0.25) is 0 Å². The monoisotopic (exact) mass is 785 g/mol. The van der Waals surface area contributed by atoms with Crippen molar-refractivity contribution in [1.82, 2.24) is 30.2 Å². The number of anilines is 2. The van der Waals surface area contributed by atoms with Crippen LogP contribution in [-0.4, -0.2) is 74.2 Å². The topological polar surface area (TPSA) is 164 Å². The third-order valence-electron chi connectivity index (χ3n) is 11.6. The SMILES string of the molecule is Cc1ccc(C2C(=N[C@@H](C)Cc3cccc4cc(C5C(C)N(C=NCCCN)C(=O)N5c5ccc6nc[nH]c6c5)ccc34)NC(=O)N2c2ccc3nc[nH]c3c2)c(C)c1. The molecule has 0 spiro atoms. The van der Waals surface area contributed by atoms with Crippen molar-refractivity contribution in [3.63, 3.8) is 0 Å². The molecule has 0 radical (unpaired) electrons. The highest BCUT2D eigenvalue weighted by atomic mass is 16.2. The molecule has 13 heteroatoms. The summed E-state index contributed by atoms with van der Waals surface area (Å²) >= 11 is 0. The number of amidine groups is 1. The van der Waals surface area contributed by atoms with E-state index < -0.39 is 6.04 Å². The molecule has 3 unspecified atom stereocenters. The van der Waals surface area contributed by atoms with E-state index in [1.54, 1.807) is 28.8 Å². The Labute approximate surface area is 342 Å². The number of fused-ring (bicyclic) bond motifs is 3. The Bertz CT molecular complexity index is 2790. The number of H-pyrrole nitrogens is 2. The Morgan fingerprint density at radius 2 is 1.59 bits per heavy atom. The van der Waals surface area contributed by atoms with Crippen molar-refractivity contribution in [1.29, 1.82) is 0 Å². The Hall–Kier alpha value is -6.86. The number of hydrogen-bond donors (Lipinski definition) is 4. The van der Waals surface area contributed by atoms with Gasteiger partial charge in [-0.25, -0.2) is 19.6 Å². The Morgan fingerprint density at radius 1 is 0.864 bits per heavy atom. The summed E-state index contributed by atoms with van der Waals surface area (Å²) in [5.74, 6) is 0.617. The van der Waals surface area contributed by atoms with E-state index in [0.29, 0.717) is 25.3 Å². The number of amides is 4. The number of carbonyl (C=O) groups is 2. The first kappa shape index (κ1) is 37.7. The number of urea groups is 2. The summed E-state index contributed by atoms with van der Waals surface area (Å²) in [6, 6.07) is 29.4. The van der Waals surface area contributed by atoms with Crippen LogP contribution < -0.4 is 20.9 Å². The molecule has 2 aromatic heterocycles. The molecular formula is C46H47N11O2. The van der Waals surface area contributed by atoms with Gasteiger partial charge in [0.25, 0.3) is 0 Å². The molecule has 0 aliphatic carbocycles. The molecule has 0 bridgehead atoms. The van der Waals surface area contributed by atoms with E-state index in [9.17, 15) is 9.59 Å². The molecule has 2 aliphatic heterocycles. The van der Waals surface area contributed by atoms with E-state index in [1.165, 1.54) is 0 Å². The fourth-order valence-electron chi connectivity index (χ4n) is 8.71. The lowest BCUT2D eigenvalue weighted by molar-refractivity contribution is 0.234. The van der Waals surface area contributed by atoms with Crippen LogP contribution in [0, 0.1) is 13.8 Å². The second kappa shape index (κ2) is 15.5. The summed E-state index contributed by atoms with van der Waals surface area (Å²) in [4.78, 5) is 58.3. The first-order chi connectivity index (χ1) is 28.7. The summed E-state index contributed by atoms with van der Waals surface area (Å²) < 4.78 is 0. The van der Waals surface area contributed by atoms with Crippen molar-refractivity contribution < 1.29 is 9.59 Å². The molecule has 0 saturated carbocycles. The average molecular weight is 786 g/mol. The van der Waals surface area contributed by atoms with Crippen molar-refractivity contribution in [3.8, 4) is 0 Å². The van der Waals surface area contributed by atoms with Crippen LogP contribution in [0.1, 0.15) is 60.2 Å². The van der Waals surface area contributed by atoms with Crippen LogP contribution in [0.3, 0.4) is 0 Å². The quantitative estimate of drug-likeness (QED) is 0.0589. The fraction of sp³-hybridized carbons (Fsp3) is 0.261. The molecule has 7 aromatic rings. The van der Waals surface area contributed by atoms with Gasteiger partial charge in [-0.2, -0.15) is 0 Å². The molecule has 5 N–H and O–H groups in total. The predicted molar refractivity (Wildman–Crippen MR) is 235 cm³/mol. The summed E-state index contributed by atoms with van der Waals surface area (Å²) in [6.45, 7) is 9.41. The van der Waals surface area contributed by atoms with Gasteiger partial charge >= 0.3 is 12.1 Å². The lowest BCUT2D eigenvalue weighted by Crippen LogP contribution is -2.32. The first-order valence-electron chi connectivity index (χ1n) is 20.1. The predicted octanol–water partition coefficient (Wildman–Crippen LogP) is 8.26. The number of aromatic amines is 2. The van der Waals surface area contributed by atoms with Crippen LogP contribution >= 0.6 is 0 Å². The highest BCUT2D eigenvalue weighted by Gasteiger charge is 2.45. The number of rotatable bonds is 11. The number of aromatic nitrogens is 4. The van der Waals surface area contributed by atoms with Crippen LogP contribution in [0.5, 0.6) is 0 Å². The molecule has 2 saturated heterocycles. The van der Waals surface area contributed by atoms with Gasteiger partial charge in [-0.05, 0) is 123 Å². The third-order valence-corrected chi connectivity index (χ3v) is 11.6. The molecule has 59 heavy (non-hydrogen) atoms. The number of nitrogens with two attached hydrogens (primary N) is 1. The molecular weight excluding hydrogens is 739 g/mol. The number of aliphatic imine (C=N–C) groups is 2. The molecule has 2 fully saturated rings. The number of nitrogens with zero attached hydrogens (tertiary/aromatic N) is 7. The average Bonchev–Trinajstić information content (AvgIpc) is 4.01. The molecule has 13 nitrogen and oxygen atoms in total. The highest BCUT2D eigenvalue weighted by molar-refractivity contribution is 6.17. The summed E-state index contributed by atoms with van der Waals surface area (Å²) in [5.41, 5.74) is 16.1. The zero-order chi connectivity index (χ0) is 40.8. The number of nitrogens with one attached hydrogen (secondary N) is 3. The minimum atomic E-state index is -0.431. The van der Waals surface area contributed by atoms with Crippen molar-refractivity contribution in [3.05, 3.63) is 131 Å². The van der Waals surface area contributed by atoms with Gasteiger partial charge < -0.3 is 15.7 Å². The number of aryl methyl sites for hydroxylation is 2. The second-order valence-corrected chi connectivity index (χ2v) is 15.6. The molecule has 9 rings (SSSR count). The zero-order valence-electron chi connectivity index (χ0n) is 33.6. The summed E-state index contributed by atoms with van der Waals surface area (Å²) in [5, 5.41) is 5.32. The maximum atomic E-state index is 14.2. The third kappa shape index (κ3) is 6.97. The van der Waals surface area contributed by atoms with Gasteiger partial charge in [-0.3, -0.25) is 30.0 Å². The standard InChI is InChI=1S/C46H47N11O2/c1-27-9-13-36(28(2)19-27)43-44(54-45(58)56(43)34-11-15-38-40(22-34)51-24-49-38)53-29(3)20-31-7-5-8-32-21-33(10-14-37(31)32)42-30(4)55(26-48-18-6-17-47)46(59)57(42)35-12-16-39-41(23-35)52-25-50-39/h5,7-16,19,21-26,29-30,42-43H,6,17-18,20,47H2,1-4H3,(H,49,51)(H,50,52)(H,53,54,58)/t29-,30?,42?,43?/m0/s1. The normalized spacial score (nSPS) is 19.7. The van der Waals surface area contributed by atoms with Gasteiger partial charge in [0.05, 0.1) is 59.2 Å². The lowest BCUT2D eigenvalue weighted by Gasteiger charge is -2.26. The Kier molecular flexibility index (Phi) is 9.89. The van der Waals surface area contributed by atoms with E-state index in [-0.39, 0.29) is 30.2 Å². The first-order valence-corrected chi connectivity index (χ1v) is 20.1. The van der Waals surface area contributed by atoms with Crippen LogP contribution in [0.4, 0.5) is 21.0 Å². The van der Waals surface area contributed by atoms with Gasteiger partial charge in [0.15, 0.2) is 0 Å². The number of hydrogen-bond acceptors (Lipinski definition) is 7. The summed E-state index contributed by atoms with van der Waals surface area (Å²) in [6.07, 6.45) is 6.39. The maximum absolute atomic E-state index is 14.2. The van der Waals surface area contributed by atoms with Crippen molar-refractivity contribution in [2.75, 3.05) is 22.9 Å². The molecule has 2 aliphatic rings. The van der Waals surface area contributed by atoms with Crippen molar-refractivity contribution in [2.24, 2.45) is 15.7 Å². The highest BCUT2D eigenvalue weighted by Crippen LogP contribution is 2.41. The van der Waals surface area contributed by atoms with Crippen LogP contribution in [0.25, 0.3) is 32.8 Å². The van der Waals surface area contributed by atoms with Crippen molar-refractivity contribution in [2.45, 2.75) is 64.7 Å². The minimum absolute atomic E-state index is 0.141. The molecule has 4 atom stereocenters. The van der Waals surface area contributed by atoms with E-state index >= 15 is 0 Å². The molecule has 4 heterocycles. The second-order valence-electron chi connectivity index (χ2n) is 15.6. The van der Waals surface area contributed by atoms with Crippen LogP contribution in [-0.2, 0) is 6.42 Å². The Balaban J connectivity index is 1.03. The van der Waals surface area contributed by atoms with E-state index in [0.717, 1.165) is 78.5 Å². The number of carbonyl (C=O) groups excluding carboxylic acids is 2. The summed E-state index contributed by atoms with van der Waals surface area (Å²) in [7, 11) is 0. The fourth-order valence-corrected chi connectivity index (χ4v) is 8.71. The lowest BCUT2D eigenvalue weighted by atomic mass is 9.93. The Morgan fingerprint density at radius 3 is 2.31 bits per heavy atom. The zero-order valence-corrected chi connectivity index (χ0v) is 33.6. The van der Waals surface area contributed by atoms with Gasteiger partial charge in [-0.1, -0.05) is 54.1 Å². The largest absolute Gasteiger partial charge is 0.345 e. The van der Waals surface area contributed by atoms with E-state index in [2.05, 4.69) is 113 Å². The molecule has 4 amide bonds. The van der Waals surface area contributed by atoms with Gasteiger partial charge in [-0.15, -0.1) is 0 Å². The minimum Gasteiger partial charge on any atom is -0.345 e. The van der Waals surface area contributed by atoms with Crippen molar-refractivity contribution >= 4 is 68.5 Å². The molecule has 298 valence electrons. The van der Waals surface area contributed by atoms with E-state index in [4.69, 9.17) is 10.7 Å². The smallest absolute Gasteiger partial charge is 0.330 e. The van der Waals surface area contributed by atoms with Gasteiger partial charge in [0.1, 0.15) is 11.9 Å². The van der Waals surface area contributed by atoms with Gasteiger partial charge in [0, 0.05) is 17.9 Å². The molecule has 5 aromatic carbocycles. The number of imidazole rings is 2. The van der Waals surface area contributed by atoms with Gasteiger partial charge in [0.2, 0.25) is 0 Å². The van der Waals surface area contributed by atoms with E-state index in [1.807, 2.05) is 41.3 Å². The van der Waals surface area contributed by atoms with Crippen LogP contribution in [0.15, 0.2) is 114 Å². The maximum Gasteiger partial charge on any atom is 0.330 e. The number of benzene rings is 5.